The van der Waals surface area contributed by atoms with Crippen LogP contribution < -0.4 is 10.6 Å². The lowest BCUT2D eigenvalue weighted by molar-refractivity contribution is -0.106. The van der Waals surface area contributed by atoms with E-state index in [4.69, 9.17) is 0 Å². The Morgan fingerprint density at radius 2 is 1.33 bits per heavy atom. The number of amides is 2. The third-order valence-electron chi connectivity index (χ3n) is 3.38. The number of hydrogen-bond donors (Lipinski definition) is 2. The molecule has 0 saturated heterocycles. The lowest BCUT2D eigenvalue weighted by Gasteiger charge is -2.05. The van der Waals surface area contributed by atoms with Crippen LogP contribution in [0.2, 0.25) is 0 Å². The van der Waals surface area contributed by atoms with Crippen molar-refractivity contribution in [2.24, 2.45) is 0 Å². The van der Waals surface area contributed by atoms with E-state index in [1.807, 2.05) is 0 Å². The summed E-state index contributed by atoms with van der Waals surface area (Å²) in [7, 11) is 0. The van der Waals surface area contributed by atoms with Crippen LogP contribution in [0.3, 0.4) is 0 Å². The number of nitrogens with one attached hydrogen (secondary N) is 2. The van der Waals surface area contributed by atoms with Gasteiger partial charge in [0, 0.05) is 11.8 Å². The molecule has 0 aromatic carbocycles. The minimum Gasteiger partial charge on any atom is -0.303 e. The predicted octanol–water partition coefficient (Wildman–Crippen LogP) is 1.58. The second-order valence-electron chi connectivity index (χ2n) is 4.62. The molecule has 2 aromatic heterocycles. The standard InChI is InChI=1S/C11H12N6O2S2/c18-4-12-10-16-14-8(20-10)6-1-2-7(3-6)9-15-17-11(21-9)13-5-19/h4-7H,1-3H2,(H,12,16,18)(H,13,17,19)/t6-,7-/m0/s1. The Morgan fingerprint density at radius 1 is 0.857 bits per heavy atom. The van der Waals surface area contributed by atoms with Crippen LogP contribution in [-0.2, 0) is 9.59 Å². The molecule has 1 saturated carbocycles. The highest BCUT2D eigenvalue weighted by atomic mass is 32.1. The summed E-state index contributed by atoms with van der Waals surface area (Å²) < 4.78 is 0. The first-order valence-electron chi connectivity index (χ1n) is 6.37. The smallest absolute Gasteiger partial charge is 0.213 e. The van der Waals surface area contributed by atoms with Gasteiger partial charge >= 0.3 is 0 Å². The van der Waals surface area contributed by atoms with E-state index in [1.54, 1.807) is 0 Å². The van der Waals surface area contributed by atoms with Gasteiger partial charge in [0.2, 0.25) is 23.1 Å². The van der Waals surface area contributed by atoms with Crippen molar-refractivity contribution in [3.63, 3.8) is 0 Å². The van der Waals surface area contributed by atoms with E-state index in [0.29, 0.717) is 34.9 Å². The zero-order valence-electron chi connectivity index (χ0n) is 10.9. The summed E-state index contributed by atoms with van der Waals surface area (Å²) >= 11 is 2.82. The van der Waals surface area contributed by atoms with Gasteiger partial charge in [0.1, 0.15) is 10.0 Å². The van der Waals surface area contributed by atoms with E-state index in [9.17, 15) is 9.59 Å². The van der Waals surface area contributed by atoms with Crippen LogP contribution in [0, 0.1) is 0 Å². The molecule has 2 N–H and O–H groups in total. The third-order valence-corrected chi connectivity index (χ3v) is 5.41. The minimum absolute atomic E-state index is 0.334. The maximum atomic E-state index is 10.4. The Labute approximate surface area is 128 Å². The highest BCUT2D eigenvalue weighted by Gasteiger charge is 2.31. The van der Waals surface area contributed by atoms with Gasteiger partial charge in [0.05, 0.1) is 0 Å². The molecule has 2 heterocycles. The summed E-state index contributed by atoms with van der Waals surface area (Å²) in [5.74, 6) is 0.669. The van der Waals surface area contributed by atoms with Gasteiger partial charge in [-0.1, -0.05) is 22.7 Å². The molecule has 21 heavy (non-hydrogen) atoms. The van der Waals surface area contributed by atoms with Gasteiger partial charge in [-0.25, -0.2) is 0 Å². The molecule has 110 valence electrons. The second kappa shape index (κ2) is 6.22. The van der Waals surface area contributed by atoms with Crippen molar-refractivity contribution in [1.29, 1.82) is 0 Å². The van der Waals surface area contributed by atoms with Gasteiger partial charge in [-0.15, -0.1) is 20.4 Å². The molecule has 1 fully saturated rings. The number of carbonyl (C=O) groups excluding carboxylic acids is 2. The quantitative estimate of drug-likeness (QED) is 0.781. The van der Waals surface area contributed by atoms with E-state index in [-0.39, 0.29) is 0 Å². The molecule has 2 atom stereocenters. The van der Waals surface area contributed by atoms with Crippen molar-refractivity contribution in [2.45, 2.75) is 31.1 Å². The Hall–Kier alpha value is -1.94. The zero-order valence-corrected chi connectivity index (χ0v) is 12.5. The molecule has 1 aliphatic carbocycles. The van der Waals surface area contributed by atoms with Crippen LogP contribution in [0.5, 0.6) is 0 Å². The maximum absolute atomic E-state index is 10.4. The summed E-state index contributed by atoms with van der Waals surface area (Å²) in [5, 5.41) is 24.1. The van der Waals surface area contributed by atoms with E-state index in [0.717, 1.165) is 29.3 Å². The van der Waals surface area contributed by atoms with Crippen LogP contribution >= 0.6 is 22.7 Å². The van der Waals surface area contributed by atoms with Crippen molar-refractivity contribution in [2.75, 3.05) is 10.6 Å². The summed E-state index contributed by atoms with van der Waals surface area (Å²) in [5.41, 5.74) is 0. The molecule has 0 radical (unpaired) electrons. The molecule has 3 rings (SSSR count). The molecule has 1 aliphatic rings. The predicted molar refractivity (Wildman–Crippen MR) is 78.5 cm³/mol. The average molecular weight is 324 g/mol. The van der Waals surface area contributed by atoms with Crippen LogP contribution in [0.25, 0.3) is 0 Å². The fourth-order valence-corrected chi connectivity index (χ4v) is 4.15. The number of nitrogens with zero attached hydrogens (tertiary/aromatic N) is 4. The summed E-state index contributed by atoms with van der Waals surface area (Å²) in [4.78, 5) is 20.8. The van der Waals surface area contributed by atoms with Crippen molar-refractivity contribution in [3.05, 3.63) is 10.0 Å². The first-order chi connectivity index (χ1) is 10.3. The first-order valence-corrected chi connectivity index (χ1v) is 8.00. The molecule has 8 nitrogen and oxygen atoms in total. The fourth-order valence-electron chi connectivity index (χ4n) is 2.45. The van der Waals surface area contributed by atoms with Crippen LogP contribution in [-0.4, -0.2) is 33.2 Å². The topological polar surface area (TPSA) is 110 Å². The lowest BCUT2D eigenvalue weighted by Crippen LogP contribution is -1.95. The number of anilines is 2. The van der Waals surface area contributed by atoms with E-state index >= 15 is 0 Å². The Morgan fingerprint density at radius 3 is 1.76 bits per heavy atom. The van der Waals surface area contributed by atoms with Crippen molar-refractivity contribution in [1.82, 2.24) is 20.4 Å². The lowest BCUT2D eigenvalue weighted by atomic mass is 10.1. The van der Waals surface area contributed by atoms with Gasteiger partial charge < -0.3 is 10.6 Å². The van der Waals surface area contributed by atoms with Gasteiger partial charge in [-0.3, -0.25) is 9.59 Å². The summed E-state index contributed by atoms with van der Waals surface area (Å²) in [6.07, 6.45) is 4.16. The molecular weight excluding hydrogens is 312 g/mol. The van der Waals surface area contributed by atoms with E-state index in [2.05, 4.69) is 31.0 Å². The van der Waals surface area contributed by atoms with Crippen LogP contribution in [0.4, 0.5) is 10.3 Å². The zero-order chi connectivity index (χ0) is 14.7. The second-order valence-corrected chi connectivity index (χ2v) is 6.64. The molecule has 0 bridgehead atoms. The number of hydrogen-bond acceptors (Lipinski definition) is 8. The minimum atomic E-state index is 0.334. The Kier molecular flexibility index (Phi) is 4.15. The Bertz CT molecular complexity index is 588. The number of carbonyl (C=O) groups is 2. The summed E-state index contributed by atoms with van der Waals surface area (Å²) in [6, 6.07) is 0. The molecule has 0 aliphatic heterocycles. The van der Waals surface area contributed by atoms with Gasteiger partial charge in [0.15, 0.2) is 0 Å². The molecule has 0 spiro atoms. The average Bonchev–Trinajstić information content (AvgIpc) is 3.18. The number of rotatable bonds is 6. The van der Waals surface area contributed by atoms with Crippen LogP contribution in [0.1, 0.15) is 41.1 Å². The highest BCUT2D eigenvalue weighted by Crippen LogP contribution is 2.45. The maximum Gasteiger partial charge on any atom is 0.213 e. The van der Waals surface area contributed by atoms with E-state index in [1.165, 1.54) is 22.7 Å². The first kappa shape index (κ1) is 14.0. The molecule has 2 amide bonds. The van der Waals surface area contributed by atoms with Crippen molar-refractivity contribution >= 4 is 45.8 Å². The summed E-state index contributed by atoms with van der Waals surface area (Å²) in [6.45, 7) is 0. The molecular formula is C11H12N6O2S2. The largest absolute Gasteiger partial charge is 0.303 e. The van der Waals surface area contributed by atoms with Gasteiger partial charge in [-0.05, 0) is 19.3 Å². The van der Waals surface area contributed by atoms with Crippen LogP contribution in [0.15, 0.2) is 0 Å². The van der Waals surface area contributed by atoms with E-state index < -0.39 is 0 Å². The monoisotopic (exact) mass is 324 g/mol. The molecule has 10 heteroatoms. The fraction of sp³-hybridized carbons (Fsp3) is 0.455. The van der Waals surface area contributed by atoms with Gasteiger partial charge in [-0.2, -0.15) is 0 Å². The highest BCUT2D eigenvalue weighted by molar-refractivity contribution is 7.15. The third kappa shape index (κ3) is 3.05. The van der Waals surface area contributed by atoms with Gasteiger partial charge in [0.25, 0.3) is 0 Å². The normalized spacial score (nSPS) is 21.1. The molecule has 2 aromatic rings. The SMILES string of the molecule is O=CNc1nnc([C@H]2CC[C@H](c3nnc(NC=O)s3)C2)s1. The van der Waals surface area contributed by atoms with Crippen molar-refractivity contribution in [3.8, 4) is 0 Å². The molecule has 0 unspecified atom stereocenters. The van der Waals surface area contributed by atoms with Crippen molar-refractivity contribution < 1.29 is 9.59 Å². The Balaban J connectivity index is 1.66. The number of aromatic nitrogens is 4.